The first-order chi connectivity index (χ1) is 16.0. The van der Waals surface area contributed by atoms with Crippen molar-refractivity contribution < 1.29 is 23.9 Å². The van der Waals surface area contributed by atoms with Crippen LogP contribution in [-0.2, 0) is 9.47 Å². The van der Waals surface area contributed by atoms with Crippen LogP contribution >= 0.6 is 15.9 Å². The second-order valence-corrected chi connectivity index (χ2v) is 10.4. The summed E-state index contributed by atoms with van der Waals surface area (Å²) in [7, 11) is 1.30. The molecule has 8 heteroatoms. The number of hydrogen-bond acceptors (Lipinski definition) is 5. The molecule has 1 saturated heterocycles. The largest absolute Gasteiger partial charge is 0.465 e. The number of anilines is 1. The van der Waals surface area contributed by atoms with Crippen LogP contribution in [0.25, 0.3) is 0 Å². The summed E-state index contributed by atoms with van der Waals surface area (Å²) in [5, 5.41) is 2.86. The van der Waals surface area contributed by atoms with E-state index in [4.69, 9.17) is 9.47 Å². The molecule has 2 aromatic carbocycles. The van der Waals surface area contributed by atoms with Gasteiger partial charge in [0.25, 0.3) is 5.91 Å². The molecule has 182 valence electrons. The predicted octanol–water partition coefficient (Wildman–Crippen LogP) is 5.91. The van der Waals surface area contributed by atoms with Crippen molar-refractivity contribution in [1.82, 2.24) is 4.90 Å². The predicted molar refractivity (Wildman–Crippen MR) is 134 cm³/mol. The van der Waals surface area contributed by atoms with Gasteiger partial charge in [0.05, 0.1) is 18.4 Å². The van der Waals surface area contributed by atoms with E-state index in [-0.39, 0.29) is 23.5 Å². The Morgan fingerprint density at radius 1 is 1.03 bits per heavy atom. The molecule has 1 N–H and O–H groups in total. The normalized spacial score (nSPS) is 14.5. The number of carbonyl (C=O) groups is 3. The van der Waals surface area contributed by atoms with Crippen molar-refractivity contribution in [2.24, 2.45) is 0 Å². The van der Waals surface area contributed by atoms with E-state index in [2.05, 4.69) is 21.2 Å². The molecule has 0 unspecified atom stereocenters. The zero-order valence-electron chi connectivity index (χ0n) is 20.2. The molecule has 1 aliphatic heterocycles. The third-order valence-electron chi connectivity index (χ3n) is 5.76. The van der Waals surface area contributed by atoms with Crippen molar-refractivity contribution in [2.45, 2.75) is 52.1 Å². The minimum absolute atomic E-state index is 0.238. The van der Waals surface area contributed by atoms with E-state index < -0.39 is 11.6 Å². The van der Waals surface area contributed by atoms with Gasteiger partial charge in [-0.15, -0.1) is 0 Å². The molecule has 1 aliphatic rings. The number of benzene rings is 2. The number of ether oxygens (including phenoxy) is 2. The molecule has 0 aromatic heterocycles. The Kier molecular flexibility index (Phi) is 8.02. The van der Waals surface area contributed by atoms with Gasteiger partial charge in [0.15, 0.2) is 0 Å². The second-order valence-electron chi connectivity index (χ2n) is 9.45. The molecule has 2 aromatic rings. The third kappa shape index (κ3) is 6.38. The fraction of sp³-hybridized carbons (Fsp3) is 0.423. The number of halogens is 1. The fourth-order valence-corrected chi connectivity index (χ4v) is 4.32. The highest BCUT2D eigenvalue weighted by Gasteiger charge is 2.28. The highest BCUT2D eigenvalue weighted by Crippen LogP contribution is 2.31. The summed E-state index contributed by atoms with van der Waals surface area (Å²) >= 11 is 3.38. The molecule has 1 heterocycles. The molecular weight excluding hydrogens is 500 g/mol. The summed E-state index contributed by atoms with van der Waals surface area (Å²) in [5.74, 6) is -0.582. The number of amides is 2. The number of piperidine rings is 1. The molecular formula is C26H31BrN2O5. The van der Waals surface area contributed by atoms with Crippen LogP contribution in [-0.4, -0.2) is 48.7 Å². The maximum absolute atomic E-state index is 13.2. The number of nitrogens with one attached hydrogen (secondary N) is 1. The number of likely N-dealkylation sites (tertiary alicyclic amines) is 1. The van der Waals surface area contributed by atoms with Gasteiger partial charge in [-0.2, -0.15) is 0 Å². The molecule has 0 spiro atoms. The smallest absolute Gasteiger partial charge is 0.410 e. The van der Waals surface area contributed by atoms with Crippen molar-refractivity contribution in [3.63, 3.8) is 0 Å². The zero-order chi connectivity index (χ0) is 25.0. The quantitative estimate of drug-likeness (QED) is 0.496. The van der Waals surface area contributed by atoms with Gasteiger partial charge in [-0.3, -0.25) is 4.79 Å². The lowest BCUT2D eigenvalue weighted by Gasteiger charge is -2.33. The number of esters is 1. The van der Waals surface area contributed by atoms with E-state index in [1.54, 1.807) is 23.1 Å². The van der Waals surface area contributed by atoms with Gasteiger partial charge in [-0.05, 0) is 81.8 Å². The number of methoxy groups -OCH3 is 1. The summed E-state index contributed by atoms with van der Waals surface area (Å²) in [6.07, 6.45) is 1.30. The van der Waals surface area contributed by atoms with E-state index in [9.17, 15) is 14.4 Å². The molecule has 3 rings (SSSR count). The van der Waals surface area contributed by atoms with Gasteiger partial charge in [0, 0.05) is 23.1 Å². The SMILES string of the molecule is COC(=O)c1ccc(Br)cc1NC(=O)c1cc(C2CCN(C(=O)OC(C)(C)C)CC2)ccc1C. The lowest BCUT2D eigenvalue weighted by molar-refractivity contribution is 0.0204. The Morgan fingerprint density at radius 3 is 2.32 bits per heavy atom. The van der Waals surface area contributed by atoms with Crippen molar-refractivity contribution in [3.8, 4) is 0 Å². The highest BCUT2D eigenvalue weighted by atomic mass is 79.9. The minimum Gasteiger partial charge on any atom is -0.465 e. The Labute approximate surface area is 208 Å². The molecule has 0 aliphatic carbocycles. The second kappa shape index (κ2) is 10.6. The van der Waals surface area contributed by atoms with E-state index in [0.717, 1.165) is 28.4 Å². The molecule has 1 fully saturated rings. The van der Waals surface area contributed by atoms with Crippen LogP contribution < -0.4 is 5.32 Å². The van der Waals surface area contributed by atoms with Gasteiger partial charge in [0.2, 0.25) is 0 Å². The van der Waals surface area contributed by atoms with Gasteiger partial charge in [0.1, 0.15) is 5.60 Å². The van der Waals surface area contributed by atoms with Crippen molar-refractivity contribution in [1.29, 1.82) is 0 Å². The van der Waals surface area contributed by atoms with Crippen LogP contribution in [0.15, 0.2) is 40.9 Å². The van der Waals surface area contributed by atoms with Crippen LogP contribution in [0.1, 0.15) is 71.4 Å². The number of carbonyl (C=O) groups excluding carboxylic acids is 3. The molecule has 34 heavy (non-hydrogen) atoms. The number of hydrogen-bond donors (Lipinski definition) is 1. The standard InChI is InChI=1S/C26H31BrN2O5/c1-16-6-7-18(17-10-12-29(13-11-17)25(32)34-26(2,3)4)14-21(16)23(30)28-22-15-19(27)8-9-20(22)24(31)33-5/h6-9,14-15,17H,10-13H2,1-5H3,(H,28,30). The first-order valence-corrected chi connectivity index (χ1v) is 12.1. The zero-order valence-corrected chi connectivity index (χ0v) is 21.8. The molecule has 0 saturated carbocycles. The Bertz CT molecular complexity index is 1090. The van der Waals surface area contributed by atoms with E-state index in [0.29, 0.717) is 24.3 Å². The van der Waals surface area contributed by atoms with Crippen LogP contribution in [0.5, 0.6) is 0 Å². The van der Waals surface area contributed by atoms with Gasteiger partial charge < -0.3 is 19.7 Å². The lowest BCUT2D eigenvalue weighted by atomic mass is 9.87. The van der Waals surface area contributed by atoms with Crippen molar-refractivity contribution in [2.75, 3.05) is 25.5 Å². The highest BCUT2D eigenvalue weighted by molar-refractivity contribution is 9.10. The van der Waals surface area contributed by atoms with E-state index >= 15 is 0 Å². The van der Waals surface area contributed by atoms with E-state index in [1.165, 1.54) is 7.11 Å². The maximum atomic E-state index is 13.2. The average Bonchev–Trinajstić information content (AvgIpc) is 2.78. The lowest BCUT2D eigenvalue weighted by Crippen LogP contribution is -2.41. The topological polar surface area (TPSA) is 84.9 Å². The summed E-state index contributed by atoms with van der Waals surface area (Å²) in [6, 6.07) is 10.9. The van der Waals surface area contributed by atoms with Gasteiger partial charge >= 0.3 is 12.1 Å². The molecule has 0 radical (unpaired) electrons. The van der Waals surface area contributed by atoms with Crippen molar-refractivity contribution in [3.05, 3.63) is 63.1 Å². The first kappa shape index (κ1) is 25.7. The first-order valence-electron chi connectivity index (χ1n) is 11.3. The summed E-state index contributed by atoms with van der Waals surface area (Å²) in [4.78, 5) is 39.4. The fourth-order valence-electron chi connectivity index (χ4n) is 3.96. The van der Waals surface area contributed by atoms with Crippen molar-refractivity contribution >= 4 is 39.6 Å². The molecule has 0 bridgehead atoms. The molecule has 2 amide bonds. The molecule has 7 nitrogen and oxygen atoms in total. The van der Waals surface area contributed by atoms with E-state index in [1.807, 2.05) is 45.9 Å². The van der Waals surface area contributed by atoms with Crippen LogP contribution in [0, 0.1) is 6.92 Å². The number of nitrogens with zero attached hydrogens (tertiary/aromatic N) is 1. The maximum Gasteiger partial charge on any atom is 0.410 e. The Morgan fingerprint density at radius 2 is 1.71 bits per heavy atom. The summed E-state index contributed by atoms with van der Waals surface area (Å²) in [5.41, 5.74) is 2.57. The van der Waals surface area contributed by atoms with Gasteiger partial charge in [-0.25, -0.2) is 9.59 Å². The Balaban J connectivity index is 1.74. The monoisotopic (exact) mass is 530 g/mol. The number of rotatable bonds is 4. The van der Waals surface area contributed by atoms with Crippen LogP contribution in [0.2, 0.25) is 0 Å². The number of aryl methyl sites for hydroxylation is 1. The average molecular weight is 531 g/mol. The Hall–Kier alpha value is -2.87. The van der Waals surface area contributed by atoms with Gasteiger partial charge in [-0.1, -0.05) is 28.1 Å². The molecule has 0 atom stereocenters. The minimum atomic E-state index is -0.523. The van der Waals surface area contributed by atoms with Crippen LogP contribution in [0.4, 0.5) is 10.5 Å². The van der Waals surface area contributed by atoms with Crippen LogP contribution in [0.3, 0.4) is 0 Å². The summed E-state index contributed by atoms with van der Waals surface area (Å²) < 4.78 is 11.1. The summed E-state index contributed by atoms with van der Waals surface area (Å²) in [6.45, 7) is 8.67. The third-order valence-corrected chi connectivity index (χ3v) is 6.25.